The highest BCUT2D eigenvalue weighted by Crippen LogP contribution is 2.23. The minimum atomic E-state index is -1.57. The summed E-state index contributed by atoms with van der Waals surface area (Å²) < 4.78 is 11.3. The number of allylic oxidation sites excluding steroid dienone is 5. The molecule has 1 aliphatic rings. The predicted molar refractivity (Wildman–Crippen MR) is 323 cm³/mol. The molecule has 1 saturated heterocycles. The van der Waals surface area contributed by atoms with E-state index in [0.29, 0.717) is 6.42 Å². The summed E-state index contributed by atoms with van der Waals surface area (Å²) in [7, 11) is 0. The summed E-state index contributed by atoms with van der Waals surface area (Å²) in [5, 5.41) is 54.7. The van der Waals surface area contributed by atoms with E-state index < -0.39 is 49.5 Å². The van der Waals surface area contributed by atoms with Gasteiger partial charge in [-0.2, -0.15) is 0 Å². The number of nitrogens with one attached hydrogen (secondary N) is 1. The molecule has 9 nitrogen and oxygen atoms in total. The molecule has 6 N–H and O–H groups in total. The van der Waals surface area contributed by atoms with E-state index in [-0.39, 0.29) is 12.5 Å². The van der Waals surface area contributed by atoms with Gasteiger partial charge in [0.15, 0.2) is 6.29 Å². The second-order valence-electron chi connectivity index (χ2n) is 23.3. The van der Waals surface area contributed by atoms with Crippen LogP contribution in [-0.4, -0.2) is 87.5 Å². The maximum absolute atomic E-state index is 13.1. The Morgan fingerprint density at radius 3 is 1.11 bits per heavy atom. The molecule has 0 aliphatic carbocycles. The van der Waals surface area contributed by atoms with Crippen LogP contribution in [0.3, 0.4) is 0 Å². The molecule has 1 aliphatic heterocycles. The van der Waals surface area contributed by atoms with E-state index in [1.807, 2.05) is 6.08 Å². The molecule has 0 aromatic rings. The molecule has 0 bridgehead atoms. The van der Waals surface area contributed by atoms with Gasteiger partial charge in [0, 0.05) is 6.42 Å². The fourth-order valence-corrected chi connectivity index (χ4v) is 10.7. The minimum Gasteiger partial charge on any atom is -0.394 e. The van der Waals surface area contributed by atoms with Gasteiger partial charge in [-0.25, -0.2) is 0 Å². The standard InChI is InChI=1S/C67H127NO8/c1-3-5-7-9-11-13-15-17-19-21-23-25-27-29-30-31-33-35-37-39-41-43-45-47-49-51-53-55-57-63(71)68-60(59-75-67-66(74)65(73)64(72)62(58-69)76-67)61(70)56-54-52-50-48-46-44-42-40-38-36-34-32-28-26-24-22-20-18-16-14-12-10-8-6-4-2/h29-30,46,48,54,56,60-62,64-67,69-70,72-74H,3-28,31-45,47,49-53,55,57-59H2,1-2H3,(H,68,71)/b30-29-,48-46+,56-54+. The Balaban J connectivity index is 2.17. The molecule has 0 aromatic heterocycles. The summed E-state index contributed by atoms with van der Waals surface area (Å²) in [5.41, 5.74) is 0. The van der Waals surface area contributed by atoms with Crippen LogP contribution in [0.1, 0.15) is 328 Å². The number of amides is 1. The molecule has 0 radical (unpaired) electrons. The van der Waals surface area contributed by atoms with E-state index in [2.05, 4.69) is 43.5 Å². The predicted octanol–water partition coefficient (Wildman–Crippen LogP) is 17.5. The summed E-state index contributed by atoms with van der Waals surface area (Å²) >= 11 is 0. The lowest BCUT2D eigenvalue weighted by Crippen LogP contribution is -2.60. The summed E-state index contributed by atoms with van der Waals surface area (Å²) in [5.74, 6) is -0.182. The molecule has 1 heterocycles. The van der Waals surface area contributed by atoms with Gasteiger partial charge in [0.05, 0.1) is 25.4 Å². The van der Waals surface area contributed by atoms with Gasteiger partial charge in [-0.1, -0.05) is 301 Å². The van der Waals surface area contributed by atoms with E-state index in [9.17, 15) is 30.3 Å². The number of hydrogen-bond acceptors (Lipinski definition) is 8. The second-order valence-corrected chi connectivity index (χ2v) is 23.3. The van der Waals surface area contributed by atoms with E-state index in [4.69, 9.17) is 9.47 Å². The van der Waals surface area contributed by atoms with Crippen LogP contribution >= 0.6 is 0 Å². The van der Waals surface area contributed by atoms with Crippen molar-refractivity contribution in [2.75, 3.05) is 13.2 Å². The summed E-state index contributed by atoms with van der Waals surface area (Å²) in [6, 6.07) is -0.823. The molecule has 1 amide bonds. The van der Waals surface area contributed by atoms with Crippen LogP contribution in [0.2, 0.25) is 0 Å². The zero-order valence-corrected chi connectivity index (χ0v) is 50.0. The summed E-state index contributed by atoms with van der Waals surface area (Å²) in [4.78, 5) is 13.1. The molecule has 9 heteroatoms. The third-order valence-electron chi connectivity index (χ3n) is 15.9. The zero-order valence-electron chi connectivity index (χ0n) is 50.0. The molecular formula is C67H127NO8. The topological polar surface area (TPSA) is 149 Å². The van der Waals surface area contributed by atoms with Crippen LogP contribution in [0.5, 0.6) is 0 Å². The number of carbonyl (C=O) groups excluding carboxylic acids is 1. The Labute approximate surface area is 470 Å². The van der Waals surface area contributed by atoms with Crippen LogP contribution in [0.15, 0.2) is 36.5 Å². The van der Waals surface area contributed by atoms with Gasteiger partial charge in [-0.3, -0.25) is 4.79 Å². The number of aliphatic hydroxyl groups excluding tert-OH is 5. The first-order valence-electron chi connectivity index (χ1n) is 33.2. The molecular weight excluding hydrogens is 947 g/mol. The van der Waals surface area contributed by atoms with E-state index >= 15 is 0 Å². The Morgan fingerprint density at radius 2 is 0.750 bits per heavy atom. The lowest BCUT2D eigenvalue weighted by atomic mass is 9.99. The third kappa shape index (κ3) is 45.2. The van der Waals surface area contributed by atoms with Crippen molar-refractivity contribution in [3.05, 3.63) is 36.5 Å². The Morgan fingerprint density at radius 1 is 0.434 bits per heavy atom. The summed E-state index contributed by atoms with van der Waals surface area (Å²) in [6.45, 7) is 3.81. The first kappa shape index (κ1) is 72.4. The van der Waals surface area contributed by atoms with Gasteiger partial charge in [-0.05, 0) is 57.8 Å². The fraction of sp³-hybridized carbons (Fsp3) is 0.896. The van der Waals surface area contributed by atoms with Crippen molar-refractivity contribution >= 4 is 5.91 Å². The number of ether oxygens (including phenoxy) is 2. The van der Waals surface area contributed by atoms with E-state index in [0.717, 1.165) is 38.5 Å². The number of rotatable bonds is 58. The van der Waals surface area contributed by atoms with Gasteiger partial charge in [0.1, 0.15) is 24.4 Å². The van der Waals surface area contributed by atoms with Crippen LogP contribution in [0.4, 0.5) is 0 Å². The van der Waals surface area contributed by atoms with Crippen LogP contribution < -0.4 is 5.32 Å². The van der Waals surface area contributed by atoms with Gasteiger partial charge in [0.25, 0.3) is 0 Å². The van der Waals surface area contributed by atoms with Crippen molar-refractivity contribution < 1.29 is 39.8 Å². The van der Waals surface area contributed by atoms with E-state index in [1.54, 1.807) is 6.08 Å². The first-order chi connectivity index (χ1) is 37.3. The second kappa shape index (κ2) is 56.7. The highest BCUT2D eigenvalue weighted by molar-refractivity contribution is 5.76. The lowest BCUT2D eigenvalue weighted by molar-refractivity contribution is -0.302. The number of hydrogen-bond donors (Lipinski definition) is 6. The van der Waals surface area contributed by atoms with Crippen molar-refractivity contribution in [3.63, 3.8) is 0 Å². The fourth-order valence-electron chi connectivity index (χ4n) is 10.7. The SMILES string of the molecule is CCCCCCCCCCCCCC/C=C\CCCCCCCCCCCCCCC(=O)NC(COC1OC(CO)C(O)C(O)C1O)C(O)/C=C/CC/C=C/CCCCCCCCCCCCCCCCCCCCC. The largest absolute Gasteiger partial charge is 0.394 e. The number of carbonyl (C=O) groups is 1. The molecule has 0 spiro atoms. The highest BCUT2D eigenvalue weighted by atomic mass is 16.7. The van der Waals surface area contributed by atoms with Crippen molar-refractivity contribution in [2.24, 2.45) is 0 Å². The molecule has 7 atom stereocenters. The Hall–Kier alpha value is -1.59. The molecule has 76 heavy (non-hydrogen) atoms. The number of aliphatic hydroxyl groups is 5. The smallest absolute Gasteiger partial charge is 0.220 e. The molecule has 7 unspecified atom stereocenters. The first-order valence-corrected chi connectivity index (χ1v) is 33.2. The monoisotopic (exact) mass is 1070 g/mol. The van der Waals surface area contributed by atoms with Gasteiger partial charge in [0.2, 0.25) is 5.91 Å². The maximum Gasteiger partial charge on any atom is 0.220 e. The molecule has 1 rings (SSSR count). The normalized spacial score (nSPS) is 19.0. The quantitative estimate of drug-likeness (QED) is 0.0261. The number of unbranched alkanes of at least 4 members (excludes halogenated alkanes) is 44. The average Bonchev–Trinajstić information content (AvgIpc) is 3.42. The van der Waals surface area contributed by atoms with Crippen molar-refractivity contribution in [1.29, 1.82) is 0 Å². The summed E-state index contributed by atoms with van der Waals surface area (Å²) in [6.07, 6.45) is 68.1. The lowest BCUT2D eigenvalue weighted by Gasteiger charge is -2.40. The third-order valence-corrected chi connectivity index (χ3v) is 15.9. The van der Waals surface area contributed by atoms with Gasteiger partial charge in [-0.15, -0.1) is 0 Å². The van der Waals surface area contributed by atoms with Gasteiger partial charge >= 0.3 is 0 Å². The average molecular weight is 1070 g/mol. The van der Waals surface area contributed by atoms with Crippen LogP contribution in [0, 0.1) is 0 Å². The van der Waals surface area contributed by atoms with Gasteiger partial charge < -0.3 is 40.3 Å². The zero-order chi connectivity index (χ0) is 55.0. The van der Waals surface area contributed by atoms with Crippen LogP contribution in [0.25, 0.3) is 0 Å². The Bertz CT molecular complexity index is 1290. The van der Waals surface area contributed by atoms with Crippen molar-refractivity contribution in [2.45, 2.75) is 371 Å². The van der Waals surface area contributed by atoms with Crippen molar-refractivity contribution in [1.82, 2.24) is 5.32 Å². The molecule has 448 valence electrons. The van der Waals surface area contributed by atoms with Crippen LogP contribution in [-0.2, 0) is 14.3 Å². The molecule has 1 fully saturated rings. The minimum absolute atomic E-state index is 0.182. The highest BCUT2D eigenvalue weighted by Gasteiger charge is 2.44. The Kier molecular flexibility index (Phi) is 54.0. The molecule has 0 saturated carbocycles. The van der Waals surface area contributed by atoms with E-state index in [1.165, 1.54) is 270 Å². The maximum atomic E-state index is 13.1. The van der Waals surface area contributed by atoms with Crippen molar-refractivity contribution in [3.8, 4) is 0 Å². The molecule has 0 aromatic carbocycles.